The first-order chi connectivity index (χ1) is 6.15. The zero-order valence-corrected chi connectivity index (χ0v) is 9.38. The predicted octanol–water partition coefficient (Wildman–Crippen LogP) is 0.687. The van der Waals surface area contributed by atoms with E-state index in [0.717, 1.165) is 25.9 Å². The molecule has 0 aromatic rings. The lowest BCUT2D eigenvalue weighted by Crippen LogP contribution is -2.42. The molecule has 80 valence electrons. The van der Waals surface area contributed by atoms with Gasteiger partial charge in [-0.15, -0.1) is 0 Å². The van der Waals surface area contributed by atoms with Crippen LogP contribution in [-0.4, -0.2) is 49.3 Å². The van der Waals surface area contributed by atoms with Gasteiger partial charge >= 0.3 is 0 Å². The lowest BCUT2D eigenvalue weighted by Gasteiger charge is -2.28. The van der Waals surface area contributed by atoms with Gasteiger partial charge in [0.1, 0.15) is 0 Å². The number of nitrogens with one attached hydrogen (secondary N) is 1. The summed E-state index contributed by atoms with van der Waals surface area (Å²) in [5, 5.41) is 12.6. The molecule has 0 amide bonds. The standard InChI is InChI=1S/C10H24N2O/c1-5-9(7-11-3)12(4)8-10(13)6-2/h9-11,13H,5-8H2,1-4H3. The lowest BCUT2D eigenvalue weighted by atomic mass is 10.1. The van der Waals surface area contributed by atoms with Crippen LogP contribution in [0.5, 0.6) is 0 Å². The Kier molecular flexibility index (Phi) is 7.23. The summed E-state index contributed by atoms with van der Waals surface area (Å²) in [6.45, 7) is 5.95. The molecule has 0 heterocycles. The van der Waals surface area contributed by atoms with Gasteiger partial charge in [0.05, 0.1) is 6.10 Å². The number of hydrogen-bond donors (Lipinski definition) is 2. The first-order valence-corrected chi connectivity index (χ1v) is 5.18. The maximum Gasteiger partial charge on any atom is 0.0664 e. The van der Waals surface area contributed by atoms with Gasteiger partial charge in [0.25, 0.3) is 0 Å². The zero-order chi connectivity index (χ0) is 10.3. The fourth-order valence-electron chi connectivity index (χ4n) is 1.46. The molecular weight excluding hydrogens is 164 g/mol. The third-order valence-electron chi connectivity index (χ3n) is 2.50. The van der Waals surface area contributed by atoms with E-state index < -0.39 is 0 Å². The Bertz CT molecular complexity index is 119. The molecule has 0 aliphatic rings. The van der Waals surface area contributed by atoms with Crippen LogP contribution in [-0.2, 0) is 0 Å². The number of likely N-dealkylation sites (N-methyl/N-ethyl adjacent to an activating group) is 2. The summed E-state index contributed by atoms with van der Waals surface area (Å²) in [5.41, 5.74) is 0. The molecule has 0 aliphatic heterocycles. The van der Waals surface area contributed by atoms with E-state index in [2.05, 4.69) is 24.2 Å². The summed E-state index contributed by atoms with van der Waals surface area (Å²) in [5.74, 6) is 0. The normalized spacial score (nSPS) is 16.2. The summed E-state index contributed by atoms with van der Waals surface area (Å²) >= 11 is 0. The molecule has 0 saturated carbocycles. The maximum atomic E-state index is 9.48. The molecule has 0 aromatic heterocycles. The van der Waals surface area contributed by atoms with Gasteiger partial charge in [0, 0.05) is 19.1 Å². The van der Waals surface area contributed by atoms with Crippen molar-refractivity contribution in [2.24, 2.45) is 0 Å². The van der Waals surface area contributed by atoms with Gasteiger partial charge in [-0.2, -0.15) is 0 Å². The molecule has 13 heavy (non-hydrogen) atoms. The minimum Gasteiger partial charge on any atom is -0.392 e. The second kappa shape index (κ2) is 7.30. The Labute approximate surface area is 82.1 Å². The Morgan fingerprint density at radius 1 is 1.31 bits per heavy atom. The second-order valence-corrected chi connectivity index (χ2v) is 3.62. The van der Waals surface area contributed by atoms with Crippen molar-refractivity contribution < 1.29 is 5.11 Å². The Morgan fingerprint density at radius 3 is 2.31 bits per heavy atom. The molecule has 2 atom stereocenters. The highest BCUT2D eigenvalue weighted by molar-refractivity contribution is 4.71. The van der Waals surface area contributed by atoms with Crippen LogP contribution in [0.15, 0.2) is 0 Å². The van der Waals surface area contributed by atoms with E-state index in [1.165, 1.54) is 0 Å². The molecule has 0 rings (SSSR count). The minimum atomic E-state index is -0.184. The first kappa shape index (κ1) is 12.9. The van der Waals surface area contributed by atoms with Gasteiger partial charge in [-0.25, -0.2) is 0 Å². The third kappa shape index (κ3) is 5.24. The fraction of sp³-hybridized carbons (Fsp3) is 1.00. The molecule has 0 aliphatic carbocycles. The van der Waals surface area contributed by atoms with E-state index in [-0.39, 0.29) is 6.10 Å². The van der Waals surface area contributed by atoms with Crippen LogP contribution < -0.4 is 5.32 Å². The maximum absolute atomic E-state index is 9.48. The zero-order valence-electron chi connectivity index (χ0n) is 9.38. The highest BCUT2D eigenvalue weighted by atomic mass is 16.3. The molecule has 2 N–H and O–H groups in total. The van der Waals surface area contributed by atoms with Gasteiger partial charge in [-0.05, 0) is 26.9 Å². The lowest BCUT2D eigenvalue weighted by molar-refractivity contribution is 0.0995. The first-order valence-electron chi connectivity index (χ1n) is 5.18. The largest absolute Gasteiger partial charge is 0.392 e. The molecule has 0 aromatic carbocycles. The van der Waals surface area contributed by atoms with Crippen molar-refractivity contribution in [2.45, 2.75) is 38.8 Å². The molecule has 3 nitrogen and oxygen atoms in total. The van der Waals surface area contributed by atoms with Gasteiger partial charge in [-0.3, -0.25) is 4.90 Å². The number of aliphatic hydroxyl groups excluding tert-OH is 1. The third-order valence-corrected chi connectivity index (χ3v) is 2.50. The smallest absolute Gasteiger partial charge is 0.0664 e. The average molecular weight is 188 g/mol. The average Bonchev–Trinajstić information content (AvgIpc) is 2.13. The quantitative estimate of drug-likeness (QED) is 0.617. The Hall–Kier alpha value is -0.120. The monoisotopic (exact) mass is 188 g/mol. The highest BCUT2D eigenvalue weighted by Crippen LogP contribution is 2.02. The van der Waals surface area contributed by atoms with Crippen LogP contribution in [0.25, 0.3) is 0 Å². The molecule has 2 unspecified atom stereocenters. The number of rotatable bonds is 7. The fourth-order valence-corrected chi connectivity index (χ4v) is 1.46. The van der Waals surface area contributed by atoms with Crippen LogP contribution in [0.4, 0.5) is 0 Å². The predicted molar refractivity (Wildman–Crippen MR) is 56.9 cm³/mol. The Balaban J connectivity index is 3.82. The molecule has 0 fully saturated rings. The van der Waals surface area contributed by atoms with Crippen molar-refractivity contribution in [1.82, 2.24) is 10.2 Å². The summed E-state index contributed by atoms with van der Waals surface area (Å²) in [4.78, 5) is 2.23. The summed E-state index contributed by atoms with van der Waals surface area (Å²) in [7, 11) is 4.04. The van der Waals surface area contributed by atoms with Crippen molar-refractivity contribution in [3.05, 3.63) is 0 Å². The number of aliphatic hydroxyl groups is 1. The topological polar surface area (TPSA) is 35.5 Å². The van der Waals surface area contributed by atoms with Gasteiger partial charge < -0.3 is 10.4 Å². The van der Waals surface area contributed by atoms with E-state index in [1.807, 2.05) is 14.0 Å². The van der Waals surface area contributed by atoms with Gasteiger partial charge in [0.15, 0.2) is 0 Å². The molecule has 0 saturated heterocycles. The molecule has 0 spiro atoms. The van der Waals surface area contributed by atoms with Crippen LogP contribution in [0.2, 0.25) is 0 Å². The van der Waals surface area contributed by atoms with E-state index >= 15 is 0 Å². The van der Waals surface area contributed by atoms with Crippen LogP contribution in [0, 0.1) is 0 Å². The molecular formula is C10H24N2O. The molecule has 0 radical (unpaired) electrons. The summed E-state index contributed by atoms with van der Waals surface area (Å²) in [6, 6.07) is 0.534. The van der Waals surface area contributed by atoms with Crippen LogP contribution in [0.1, 0.15) is 26.7 Å². The van der Waals surface area contributed by atoms with Crippen molar-refractivity contribution in [3.8, 4) is 0 Å². The highest BCUT2D eigenvalue weighted by Gasteiger charge is 2.13. The van der Waals surface area contributed by atoms with E-state index in [4.69, 9.17) is 0 Å². The van der Waals surface area contributed by atoms with Crippen LogP contribution >= 0.6 is 0 Å². The molecule has 3 heteroatoms. The van der Waals surface area contributed by atoms with E-state index in [9.17, 15) is 5.11 Å². The van der Waals surface area contributed by atoms with Crippen LogP contribution in [0.3, 0.4) is 0 Å². The van der Waals surface area contributed by atoms with E-state index in [0.29, 0.717) is 6.04 Å². The minimum absolute atomic E-state index is 0.184. The summed E-state index contributed by atoms with van der Waals surface area (Å²) in [6.07, 6.45) is 1.77. The molecule has 0 bridgehead atoms. The number of nitrogens with zero attached hydrogens (tertiary/aromatic N) is 1. The van der Waals surface area contributed by atoms with Crippen molar-refractivity contribution >= 4 is 0 Å². The van der Waals surface area contributed by atoms with E-state index in [1.54, 1.807) is 0 Å². The van der Waals surface area contributed by atoms with Gasteiger partial charge in [0.2, 0.25) is 0 Å². The Morgan fingerprint density at radius 2 is 1.92 bits per heavy atom. The van der Waals surface area contributed by atoms with Crippen molar-refractivity contribution in [3.63, 3.8) is 0 Å². The number of hydrogen-bond acceptors (Lipinski definition) is 3. The summed E-state index contributed by atoms with van der Waals surface area (Å²) < 4.78 is 0. The SMILES string of the molecule is CCC(O)CN(C)C(CC)CNC. The van der Waals surface area contributed by atoms with Crippen molar-refractivity contribution in [2.75, 3.05) is 27.2 Å². The van der Waals surface area contributed by atoms with Crippen molar-refractivity contribution in [1.29, 1.82) is 0 Å². The second-order valence-electron chi connectivity index (χ2n) is 3.62. The van der Waals surface area contributed by atoms with Gasteiger partial charge in [-0.1, -0.05) is 13.8 Å².